The van der Waals surface area contributed by atoms with Crippen molar-refractivity contribution in [2.45, 2.75) is 53.2 Å². The molecule has 3 heteroatoms. The highest BCUT2D eigenvalue weighted by molar-refractivity contribution is 5.81. The Kier molecular flexibility index (Phi) is 6.02. The van der Waals surface area contributed by atoms with Crippen molar-refractivity contribution in [1.82, 2.24) is 5.32 Å². The molecule has 2 rings (SSSR count). The minimum atomic E-state index is -0.485. The van der Waals surface area contributed by atoms with Gasteiger partial charge in [0.15, 0.2) is 6.10 Å². The molecule has 3 nitrogen and oxygen atoms in total. The van der Waals surface area contributed by atoms with Gasteiger partial charge < -0.3 is 10.1 Å². The van der Waals surface area contributed by atoms with E-state index in [1.165, 1.54) is 16.7 Å². The van der Waals surface area contributed by atoms with Gasteiger partial charge in [0.25, 0.3) is 5.91 Å². The van der Waals surface area contributed by atoms with Gasteiger partial charge in [-0.1, -0.05) is 48.4 Å². The molecule has 0 aliphatic rings. The second-order valence-electron chi connectivity index (χ2n) is 6.42. The molecule has 24 heavy (non-hydrogen) atoms. The highest BCUT2D eigenvalue weighted by Gasteiger charge is 2.21. The molecule has 1 N–H and O–H groups in total. The molecule has 2 atom stereocenters. The van der Waals surface area contributed by atoms with Gasteiger partial charge in [-0.2, -0.15) is 0 Å². The minimum absolute atomic E-state index is 0.0474. The summed E-state index contributed by atoms with van der Waals surface area (Å²) in [6.45, 7) is 10.1. The van der Waals surface area contributed by atoms with Crippen molar-refractivity contribution in [3.05, 3.63) is 64.7 Å². The smallest absolute Gasteiger partial charge is 0.261 e. The first-order valence-corrected chi connectivity index (χ1v) is 8.51. The summed E-state index contributed by atoms with van der Waals surface area (Å²) in [5, 5.41) is 3.08. The number of amides is 1. The summed E-state index contributed by atoms with van der Waals surface area (Å²) in [5.41, 5.74) is 4.72. The predicted molar refractivity (Wildman–Crippen MR) is 98.4 cm³/mol. The van der Waals surface area contributed by atoms with Gasteiger partial charge in [0.1, 0.15) is 5.75 Å². The molecule has 2 unspecified atom stereocenters. The molecule has 0 heterocycles. The Morgan fingerprint density at radius 1 is 1.04 bits per heavy atom. The molecule has 0 aromatic heterocycles. The molecule has 0 saturated heterocycles. The average molecular weight is 325 g/mol. The maximum absolute atomic E-state index is 12.6. The number of hydrogen-bond acceptors (Lipinski definition) is 2. The van der Waals surface area contributed by atoms with Crippen LogP contribution in [0, 0.1) is 20.8 Å². The third-order valence-electron chi connectivity index (χ3n) is 4.21. The second kappa shape index (κ2) is 8.00. The van der Waals surface area contributed by atoms with Gasteiger partial charge in [-0.3, -0.25) is 4.79 Å². The normalized spacial score (nSPS) is 13.2. The van der Waals surface area contributed by atoms with E-state index in [1.807, 2.05) is 45.0 Å². The van der Waals surface area contributed by atoms with E-state index in [-0.39, 0.29) is 11.9 Å². The van der Waals surface area contributed by atoms with E-state index >= 15 is 0 Å². The first kappa shape index (κ1) is 18.1. The third kappa shape index (κ3) is 4.60. The van der Waals surface area contributed by atoms with Crippen LogP contribution in [-0.2, 0) is 4.79 Å². The molecular weight excluding hydrogens is 298 g/mol. The lowest BCUT2D eigenvalue weighted by molar-refractivity contribution is -0.128. The van der Waals surface area contributed by atoms with E-state index in [1.54, 1.807) is 0 Å². The molecule has 1 amide bonds. The summed E-state index contributed by atoms with van der Waals surface area (Å²) in [6, 6.07) is 14.0. The van der Waals surface area contributed by atoms with E-state index in [4.69, 9.17) is 4.74 Å². The number of benzene rings is 2. The maximum Gasteiger partial charge on any atom is 0.261 e. The lowest BCUT2D eigenvalue weighted by atomic mass is 10.00. The molecule has 0 bridgehead atoms. The summed E-state index contributed by atoms with van der Waals surface area (Å²) < 4.78 is 5.85. The van der Waals surface area contributed by atoms with Crippen molar-refractivity contribution in [1.29, 1.82) is 0 Å². The number of carbonyl (C=O) groups is 1. The topological polar surface area (TPSA) is 38.3 Å². The number of ether oxygens (including phenoxy) is 1. The van der Waals surface area contributed by atoms with Crippen LogP contribution in [-0.4, -0.2) is 12.0 Å². The van der Waals surface area contributed by atoms with Crippen LogP contribution >= 0.6 is 0 Å². The molecule has 2 aromatic carbocycles. The second-order valence-corrected chi connectivity index (χ2v) is 6.42. The fourth-order valence-electron chi connectivity index (χ4n) is 2.80. The number of nitrogens with one attached hydrogen (secondary N) is 1. The standard InChI is InChI=1S/C21H27NO2/c1-6-20(24-18-10-7-14(2)8-11-18)21(23)22-17(5)19-12-9-15(3)13-16(19)4/h7-13,17,20H,6H2,1-5H3,(H,22,23). The fourth-order valence-corrected chi connectivity index (χ4v) is 2.80. The van der Waals surface area contributed by atoms with Crippen molar-refractivity contribution in [3.8, 4) is 5.75 Å². The third-order valence-corrected chi connectivity index (χ3v) is 4.21. The molecule has 0 saturated carbocycles. The van der Waals surface area contributed by atoms with E-state index in [9.17, 15) is 4.79 Å². The number of rotatable bonds is 6. The van der Waals surface area contributed by atoms with Crippen LogP contribution in [0.5, 0.6) is 5.75 Å². The maximum atomic E-state index is 12.6. The molecule has 2 aromatic rings. The Balaban J connectivity index is 2.04. The lowest BCUT2D eigenvalue weighted by Crippen LogP contribution is -2.39. The molecule has 0 aliphatic heterocycles. The van der Waals surface area contributed by atoms with E-state index in [0.717, 1.165) is 11.3 Å². The summed E-state index contributed by atoms with van der Waals surface area (Å²) in [5.74, 6) is 0.646. The van der Waals surface area contributed by atoms with Crippen molar-refractivity contribution in [3.63, 3.8) is 0 Å². The quantitative estimate of drug-likeness (QED) is 0.840. The van der Waals surface area contributed by atoms with Gasteiger partial charge in [0.2, 0.25) is 0 Å². The van der Waals surface area contributed by atoms with E-state index in [2.05, 4.69) is 37.4 Å². The summed E-state index contributed by atoms with van der Waals surface area (Å²) >= 11 is 0. The molecule has 0 fully saturated rings. The molecule has 128 valence electrons. The minimum Gasteiger partial charge on any atom is -0.481 e. The van der Waals surface area contributed by atoms with E-state index in [0.29, 0.717) is 6.42 Å². The first-order chi connectivity index (χ1) is 11.4. The molecule has 0 aliphatic carbocycles. The lowest BCUT2D eigenvalue weighted by Gasteiger charge is -2.22. The van der Waals surface area contributed by atoms with Gasteiger partial charge >= 0.3 is 0 Å². The van der Waals surface area contributed by atoms with Gasteiger partial charge in [-0.15, -0.1) is 0 Å². The van der Waals surface area contributed by atoms with Crippen molar-refractivity contribution < 1.29 is 9.53 Å². The van der Waals surface area contributed by atoms with Crippen LogP contribution in [0.2, 0.25) is 0 Å². The SMILES string of the molecule is CCC(Oc1ccc(C)cc1)C(=O)NC(C)c1ccc(C)cc1C. The zero-order valence-corrected chi connectivity index (χ0v) is 15.2. The van der Waals surface area contributed by atoms with Crippen LogP contribution in [0.3, 0.4) is 0 Å². The summed E-state index contributed by atoms with van der Waals surface area (Å²) in [4.78, 5) is 12.6. The zero-order chi connectivity index (χ0) is 17.7. The largest absolute Gasteiger partial charge is 0.481 e. The van der Waals surface area contributed by atoms with Crippen LogP contribution in [0.25, 0.3) is 0 Å². The number of aryl methyl sites for hydroxylation is 3. The average Bonchev–Trinajstić information content (AvgIpc) is 2.54. The van der Waals surface area contributed by atoms with Crippen LogP contribution in [0.4, 0.5) is 0 Å². The van der Waals surface area contributed by atoms with E-state index < -0.39 is 6.10 Å². The van der Waals surface area contributed by atoms with Crippen LogP contribution < -0.4 is 10.1 Å². The Bertz CT molecular complexity index is 691. The summed E-state index contributed by atoms with van der Waals surface area (Å²) in [7, 11) is 0. The number of carbonyl (C=O) groups excluding carboxylic acids is 1. The zero-order valence-electron chi connectivity index (χ0n) is 15.2. The van der Waals surface area contributed by atoms with Crippen LogP contribution in [0.1, 0.15) is 48.6 Å². The van der Waals surface area contributed by atoms with Gasteiger partial charge in [0, 0.05) is 0 Å². The number of hydrogen-bond donors (Lipinski definition) is 1. The van der Waals surface area contributed by atoms with Gasteiger partial charge in [-0.25, -0.2) is 0 Å². The Morgan fingerprint density at radius 2 is 1.67 bits per heavy atom. The Labute approximate surface area is 145 Å². The first-order valence-electron chi connectivity index (χ1n) is 8.51. The predicted octanol–water partition coefficient (Wildman–Crippen LogP) is 4.65. The monoisotopic (exact) mass is 325 g/mol. The van der Waals surface area contributed by atoms with Crippen molar-refractivity contribution >= 4 is 5.91 Å². The Hall–Kier alpha value is -2.29. The molecule has 0 spiro atoms. The summed E-state index contributed by atoms with van der Waals surface area (Å²) in [6.07, 6.45) is 0.139. The molecule has 0 radical (unpaired) electrons. The van der Waals surface area contributed by atoms with Crippen LogP contribution in [0.15, 0.2) is 42.5 Å². The van der Waals surface area contributed by atoms with Gasteiger partial charge in [0.05, 0.1) is 6.04 Å². The highest BCUT2D eigenvalue weighted by atomic mass is 16.5. The Morgan fingerprint density at radius 3 is 2.25 bits per heavy atom. The highest BCUT2D eigenvalue weighted by Crippen LogP contribution is 2.20. The molecular formula is C21H27NO2. The van der Waals surface area contributed by atoms with Crippen molar-refractivity contribution in [2.75, 3.05) is 0 Å². The van der Waals surface area contributed by atoms with Gasteiger partial charge in [-0.05, 0) is 57.4 Å². The fraction of sp³-hybridized carbons (Fsp3) is 0.381. The van der Waals surface area contributed by atoms with Crippen molar-refractivity contribution in [2.24, 2.45) is 0 Å².